The zero-order chi connectivity index (χ0) is 14.4. The molecule has 0 atom stereocenters. The van der Waals surface area contributed by atoms with E-state index in [4.69, 9.17) is 5.84 Å². The van der Waals surface area contributed by atoms with E-state index in [0.29, 0.717) is 5.82 Å². The summed E-state index contributed by atoms with van der Waals surface area (Å²) in [5.41, 5.74) is 3.53. The lowest BCUT2D eigenvalue weighted by Crippen LogP contribution is -2.15. The Balaban J connectivity index is 1.94. The molecular weight excluding hydrogens is 256 g/mol. The zero-order valence-electron chi connectivity index (χ0n) is 11.8. The number of aryl methyl sites for hydroxylation is 2. The number of anilines is 2. The van der Waals surface area contributed by atoms with Crippen molar-refractivity contribution in [3.05, 3.63) is 23.8 Å². The number of rotatable bonds is 7. The van der Waals surface area contributed by atoms with Crippen LogP contribution in [0.1, 0.15) is 24.7 Å². The first kappa shape index (κ1) is 14.2. The summed E-state index contributed by atoms with van der Waals surface area (Å²) in [5, 5.41) is 11.0. The second-order valence-corrected chi connectivity index (χ2v) is 4.41. The monoisotopic (exact) mass is 276 g/mol. The molecule has 2 aromatic heterocycles. The van der Waals surface area contributed by atoms with E-state index in [0.717, 1.165) is 43.1 Å². The third kappa shape index (κ3) is 3.41. The van der Waals surface area contributed by atoms with Crippen LogP contribution in [0.5, 0.6) is 0 Å². The maximum Gasteiger partial charge on any atom is 0.148 e. The van der Waals surface area contributed by atoms with Crippen LogP contribution in [0.3, 0.4) is 0 Å². The van der Waals surface area contributed by atoms with E-state index in [2.05, 4.69) is 31.0 Å². The summed E-state index contributed by atoms with van der Waals surface area (Å²) < 4.78 is 1.80. The topological polar surface area (TPSA) is 107 Å². The Bertz CT molecular complexity index is 537. The van der Waals surface area contributed by atoms with Crippen molar-refractivity contribution in [1.82, 2.24) is 25.0 Å². The Hall–Kier alpha value is -2.22. The Morgan fingerprint density at radius 2 is 2.10 bits per heavy atom. The smallest absolute Gasteiger partial charge is 0.148 e. The second kappa shape index (κ2) is 6.80. The normalized spacial score (nSPS) is 10.6. The summed E-state index contributed by atoms with van der Waals surface area (Å²) in [7, 11) is 0. The number of hydrazine groups is 1. The van der Waals surface area contributed by atoms with Gasteiger partial charge in [-0.3, -0.25) is 4.68 Å². The van der Waals surface area contributed by atoms with Crippen molar-refractivity contribution in [2.75, 3.05) is 17.3 Å². The van der Waals surface area contributed by atoms with Crippen molar-refractivity contribution in [3.8, 4) is 0 Å². The number of nitrogens with zero attached hydrogens (tertiary/aromatic N) is 5. The molecule has 108 valence electrons. The Morgan fingerprint density at radius 3 is 2.75 bits per heavy atom. The number of hydrogen-bond acceptors (Lipinski definition) is 7. The van der Waals surface area contributed by atoms with Gasteiger partial charge >= 0.3 is 0 Å². The molecule has 0 aromatic carbocycles. The van der Waals surface area contributed by atoms with Gasteiger partial charge in [0.2, 0.25) is 0 Å². The maximum absolute atomic E-state index is 5.48. The summed E-state index contributed by atoms with van der Waals surface area (Å²) in [4.78, 5) is 8.81. The molecule has 2 heterocycles. The molecule has 0 amide bonds. The van der Waals surface area contributed by atoms with Crippen LogP contribution in [0.15, 0.2) is 12.4 Å². The van der Waals surface area contributed by atoms with E-state index >= 15 is 0 Å². The summed E-state index contributed by atoms with van der Waals surface area (Å²) >= 11 is 0. The first-order chi connectivity index (χ1) is 9.74. The molecule has 2 rings (SSSR count). The minimum Gasteiger partial charge on any atom is -0.370 e. The number of aromatic nitrogens is 5. The van der Waals surface area contributed by atoms with Gasteiger partial charge in [-0.2, -0.15) is 0 Å². The highest BCUT2D eigenvalue weighted by Crippen LogP contribution is 2.19. The van der Waals surface area contributed by atoms with E-state index in [1.165, 1.54) is 0 Å². The van der Waals surface area contributed by atoms with Gasteiger partial charge in [0.1, 0.15) is 17.5 Å². The van der Waals surface area contributed by atoms with Crippen LogP contribution < -0.4 is 16.6 Å². The average molecular weight is 276 g/mol. The molecule has 8 heteroatoms. The highest BCUT2D eigenvalue weighted by molar-refractivity contribution is 5.56. The molecule has 0 bridgehead atoms. The lowest BCUT2D eigenvalue weighted by molar-refractivity contribution is 0.569. The third-order valence-corrected chi connectivity index (χ3v) is 2.97. The molecule has 0 saturated heterocycles. The van der Waals surface area contributed by atoms with Gasteiger partial charge in [0.15, 0.2) is 0 Å². The Labute approximate surface area is 117 Å². The molecule has 0 radical (unpaired) electrons. The predicted octanol–water partition coefficient (Wildman–Crippen LogP) is 0.727. The zero-order valence-corrected chi connectivity index (χ0v) is 11.8. The number of nitrogen functional groups attached to an aromatic ring is 1. The second-order valence-electron chi connectivity index (χ2n) is 4.41. The van der Waals surface area contributed by atoms with Crippen molar-refractivity contribution in [1.29, 1.82) is 0 Å². The molecule has 8 nitrogen and oxygen atoms in total. The molecule has 2 aromatic rings. The summed E-state index contributed by atoms with van der Waals surface area (Å²) in [6.45, 7) is 5.57. The van der Waals surface area contributed by atoms with Crippen molar-refractivity contribution in [3.63, 3.8) is 0 Å². The molecule has 0 unspecified atom stereocenters. The van der Waals surface area contributed by atoms with Crippen molar-refractivity contribution in [2.45, 2.75) is 33.2 Å². The van der Waals surface area contributed by atoms with Gasteiger partial charge in [0.25, 0.3) is 0 Å². The van der Waals surface area contributed by atoms with E-state index in [1.807, 2.05) is 20.0 Å². The van der Waals surface area contributed by atoms with E-state index in [-0.39, 0.29) is 0 Å². The third-order valence-electron chi connectivity index (χ3n) is 2.97. The molecular formula is C12H20N8. The molecule has 0 spiro atoms. The molecule has 0 fully saturated rings. The summed E-state index contributed by atoms with van der Waals surface area (Å²) in [5.74, 6) is 7.73. The number of nitrogens with one attached hydrogen (secondary N) is 2. The Kier molecular flexibility index (Phi) is 4.83. The largest absolute Gasteiger partial charge is 0.370 e. The molecule has 0 aliphatic carbocycles. The fourth-order valence-electron chi connectivity index (χ4n) is 1.83. The number of hydrogen-bond donors (Lipinski definition) is 3. The van der Waals surface area contributed by atoms with Crippen LogP contribution >= 0.6 is 0 Å². The molecule has 0 aliphatic heterocycles. The fraction of sp³-hybridized carbons (Fsp3) is 0.500. The lowest BCUT2D eigenvalue weighted by Gasteiger charge is -2.13. The van der Waals surface area contributed by atoms with Crippen LogP contribution in [0.2, 0.25) is 0 Å². The predicted molar refractivity (Wildman–Crippen MR) is 77.1 cm³/mol. The van der Waals surface area contributed by atoms with Crippen LogP contribution in [0, 0.1) is 6.92 Å². The van der Waals surface area contributed by atoms with Crippen molar-refractivity contribution >= 4 is 11.6 Å². The van der Waals surface area contributed by atoms with Gasteiger partial charge in [-0.15, -0.1) is 5.10 Å². The molecule has 0 saturated carbocycles. The number of nitrogens with two attached hydrogens (primary N) is 1. The van der Waals surface area contributed by atoms with Crippen LogP contribution in [0.25, 0.3) is 0 Å². The first-order valence-corrected chi connectivity index (χ1v) is 6.66. The molecule has 0 aliphatic rings. The lowest BCUT2D eigenvalue weighted by atomic mass is 10.3. The van der Waals surface area contributed by atoms with Crippen molar-refractivity contribution < 1.29 is 0 Å². The minimum atomic E-state index is 0.663. The van der Waals surface area contributed by atoms with Gasteiger partial charge in [-0.25, -0.2) is 15.8 Å². The first-order valence-electron chi connectivity index (χ1n) is 6.66. The van der Waals surface area contributed by atoms with E-state index < -0.39 is 0 Å². The fourth-order valence-corrected chi connectivity index (χ4v) is 1.83. The van der Waals surface area contributed by atoms with Gasteiger partial charge in [0.05, 0.1) is 6.20 Å². The minimum absolute atomic E-state index is 0.663. The van der Waals surface area contributed by atoms with E-state index in [9.17, 15) is 0 Å². The van der Waals surface area contributed by atoms with Crippen molar-refractivity contribution in [2.24, 2.45) is 5.84 Å². The highest BCUT2D eigenvalue weighted by atomic mass is 15.4. The molecule has 20 heavy (non-hydrogen) atoms. The maximum atomic E-state index is 5.48. The standard InChI is InChI=1S/C12H20N8/c1-3-10-16-11(9(2)12(17-10)18-13)14-5-4-7-20-8-6-15-19-20/h6,8H,3-5,7,13H2,1-2H3,(H2,14,16,17,18). The molecule has 4 N–H and O–H groups in total. The summed E-state index contributed by atoms with van der Waals surface area (Å²) in [6, 6.07) is 0. The van der Waals surface area contributed by atoms with Crippen LogP contribution in [0.4, 0.5) is 11.6 Å². The van der Waals surface area contributed by atoms with Gasteiger partial charge in [0, 0.05) is 31.3 Å². The Morgan fingerprint density at radius 1 is 1.30 bits per heavy atom. The SMILES string of the molecule is CCc1nc(NN)c(C)c(NCCCn2ccnn2)n1. The highest BCUT2D eigenvalue weighted by Gasteiger charge is 2.08. The summed E-state index contributed by atoms with van der Waals surface area (Å²) in [6.07, 6.45) is 5.22. The quantitative estimate of drug-likeness (QED) is 0.389. The van der Waals surface area contributed by atoms with Gasteiger partial charge < -0.3 is 10.7 Å². The van der Waals surface area contributed by atoms with Gasteiger partial charge in [-0.1, -0.05) is 12.1 Å². The van der Waals surface area contributed by atoms with E-state index in [1.54, 1.807) is 10.9 Å². The van der Waals surface area contributed by atoms with Crippen LogP contribution in [-0.2, 0) is 13.0 Å². The van der Waals surface area contributed by atoms with Gasteiger partial charge in [-0.05, 0) is 13.3 Å². The van der Waals surface area contributed by atoms with Crippen LogP contribution in [-0.4, -0.2) is 31.5 Å². The average Bonchev–Trinajstić information content (AvgIpc) is 2.98.